The van der Waals surface area contributed by atoms with E-state index in [1.54, 1.807) is 13.2 Å². The molecule has 2 aromatic rings. The number of benzene rings is 2. The first-order chi connectivity index (χ1) is 9.92. The first-order valence-electron chi connectivity index (χ1n) is 6.79. The number of halogens is 1. The van der Waals surface area contributed by atoms with Crippen molar-refractivity contribution in [3.63, 3.8) is 0 Å². The molecule has 4 heteroatoms. The molecule has 0 amide bonds. The standard InChI is InChI=1S/C17H20BrNO2/c1-17(2,13-5-7-14(18)8-6-13)19-11-12-4-9-15(21-3)10-16(12)20/h4-10,19-20H,11H2,1-3H3. The highest BCUT2D eigenvalue weighted by molar-refractivity contribution is 9.10. The van der Waals surface area contributed by atoms with Gasteiger partial charge < -0.3 is 15.2 Å². The van der Waals surface area contributed by atoms with Crippen LogP contribution in [0.2, 0.25) is 0 Å². The van der Waals surface area contributed by atoms with Crippen molar-refractivity contribution < 1.29 is 9.84 Å². The van der Waals surface area contributed by atoms with Gasteiger partial charge in [0, 0.05) is 28.2 Å². The van der Waals surface area contributed by atoms with Crippen LogP contribution in [0.1, 0.15) is 25.0 Å². The topological polar surface area (TPSA) is 41.5 Å². The molecule has 0 unspecified atom stereocenters. The molecule has 21 heavy (non-hydrogen) atoms. The van der Waals surface area contributed by atoms with Crippen LogP contribution in [0.25, 0.3) is 0 Å². The number of methoxy groups -OCH3 is 1. The number of phenolic OH excluding ortho intramolecular Hbond substituents is 1. The van der Waals surface area contributed by atoms with Crippen molar-refractivity contribution in [1.29, 1.82) is 0 Å². The summed E-state index contributed by atoms with van der Waals surface area (Å²) in [6, 6.07) is 13.6. The van der Waals surface area contributed by atoms with Crippen molar-refractivity contribution in [1.82, 2.24) is 5.32 Å². The fraction of sp³-hybridized carbons (Fsp3) is 0.294. The summed E-state index contributed by atoms with van der Waals surface area (Å²) in [4.78, 5) is 0. The minimum absolute atomic E-state index is 0.187. The maximum Gasteiger partial charge on any atom is 0.123 e. The summed E-state index contributed by atoms with van der Waals surface area (Å²) >= 11 is 3.45. The normalized spacial score (nSPS) is 11.4. The average Bonchev–Trinajstić information content (AvgIpc) is 2.46. The van der Waals surface area contributed by atoms with Gasteiger partial charge in [0.2, 0.25) is 0 Å². The molecule has 0 fully saturated rings. The molecule has 0 bridgehead atoms. The largest absolute Gasteiger partial charge is 0.507 e. The quantitative estimate of drug-likeness (QED) is 0.850. The Morgan fingerprint density at radius 2 is 1.81 bits per heavy atom. The number of aromatic hydroxyl groups is 1. The van der Waals surface area contributed by atoms with Crippen LogP contribution in [0.5, 0.6) is 11.5 Å². The van der Waals surface area contributed by atoms with Gasteiger partial charge in [0.25, 0.3) is 0 Å². The van der Waals surface area contributed by atoms with Gasteiger partial charge in [0.1, 0.15) is 11.5 Å². The fourth-order valence-corrected chi connectivity index (χ4v) is 2.37. The zero-order valence-corrected chi connectivity index (χ0v) is 14.1. The lowest BCUT2D eigenvalue weighted by molar-refractivity contribution is 0.387. The maximum absolute atomic E-state index is 10.0. The van der Waals surface area contributed by atoms with Crippen LogP contribution in [0.15, 0.2) is 46.9 Å². The van der Waals surface area contributed by atoms with Gasteiger partial charge in [-0.2, -0.15) is 0 Å². The molecule has 2 aromatic carbocycles. The van der Waals surface area contributed by atoms with Gasteiger partial charge in [0.15, 0.2) is 0 Å². The molecule has 0 heterocycles. The lowest BCUT2D eigenvalue weighted by Gasteiger charge is -2.27. The number of ether oxygens (including phenoxy) is 1. The van der Waals surface area contributed by atoms with E-state index in [4.69, 9.17) is 4.74 Å². The van der Waals surface area contributed by atoms with Crippen LogP contribution >= 0.6 is 15.9 Å². The van der Waals surface area contributed by atoms with Gasteiger partial charge in [-0.15, -0.1) is 0 Å². The van der Waals surface area contributed by atoms with Crippen molar-refractivity contribution in [2.24, 2.45) is 0 Å². The monoisotopic (exact) mass is 349 g/mol. The summed E-state index contributed by atoms with van der Waals surface area (Å²) < 4.78 is 6.16. The molecule has 0 radical (unpaired) electrons. The molecule has 0 aliphatic rings. The summed E-state index contributed by atoms with van der Waals surface area (Å²) in [6.45, 7) is 4.83. The predicted octanol–water partition coefficient (Wildman–Crippen LogP) is 4.19. The van der Waals surface area contributed by atoms with Crippen LogP contribution in [0, 0.1) is 0 Å². The van der Waals surface area contributed by atoms with Crippen LogP contribution in [-0.2, 0) is 12.1 Å². The van der Waals surface area contributed by atoms with E-state index in [1.807, 2.05) is 24.3 Å². The predicted molar refractivity (Wildman–Crippen MR) is 88.7 cm³/mol. The van der Waals surface area contributed by atoms with Crippen molar-refractivity contribution in [2.75, 3.05) is 7.11 Å². The zero-order valence-electron chi connectivity index (χ0n) is 12.5. The lowest BCUT2D eigenvalue weighted by Crippen LogP contribution is -2.35. The first kappa shape index (κ1) is 15.9. The number of hydrogen-bond acceptors (Lipinski definition) is 3. The zero-order chi connectivity index (χ0) is 15.5. The molecule has 0 spiro atoms. The van der Waals surface area contributed by atoms with Crippen molar-refractivity contribution in [3.8, 4) is 11.5 Å². The molecule has 0 aliphatic carbocycles. The third-order valence-corrected chi connectivity index (χ3v) is 4.11. The lowest BCUT2D eigenvalue weighted by atomic mass is 9.94. The summed E-state index contributed by atoms with van der Waals surface area (Å²) in [5, 5.41) is 13.5. The Hall–Kier alpha value is -1.52. The maximum atomic E-state index is 10.0. The molecule has 0 saturated carbocycles. The Morgan fingerprint density at radius 1 is 1.14 bits per heavy atom. The van der Waals surface area contributed by atoms with E-state index in [2.05, 4.69) is 47.2 Å². The minimum Gasteiger partial charge on any atom is -0.507 e. The molecule has 3 nitrogen and oxygen atoms in total. The van der Waals surface area contributed by atoms with Gasteiger partial charge in [-0.3, -0.25) is 0 Å². The van der Waals surface area contributed by atoms with Gasteiger partial charge in [0.05, 0.1) is 7.11 Å². The van der Waals surface area contributed by atoms with E-state index in [0.29, 0.717) is 12.3 Å². The second-order valence-electron chi connectivity index (χ2n) is 5.48. The molecule has 0 atom stereocenters. The highest BCUT2D eigenvalue weighted by Crippen LogP contribution is 2.26. The molecule has 0 aliphatic heterocycles. The van der Waals surface area contributed by atoms with E-state index >= 15 is 0 Å². The van der Waals surface area contributed by atoms with E-state index in [-0.39, 0.29) is 11.3 Å². The summed E-state index contributed by atoms with van der Waals surface area (Å²) in [6.07, 6.45) is 0. The average molecular weight is 350 g/mol. The third-order valence-electron chi connectivity index (χ3n) is 3.58. The Morgan fingerprint density at radius 3 is 2.38 bits per heavy atom. The van der Waals surface area contributed by atoms with Crippen molar-refractivity contribution in [2.45, 2.75) is 25.9 Å². The van der Waals surface area contributed by atoms with Gasteiger partial charge >= 0.3 is 0 Å². The van der Waals surface area contributed by atoms with Gasteiger partial charge in [-0.25, -0.2) is 0 Å². The molecule has 2 rings (SSSR count). The Bertz CT molecular complexity index is 609. The van der Waals surface area contributed by atoms with Crippen LogP contribution in [0.4, 0.5) is 0 Å². The van der Waals surface area contributed by atoms with Crippen LogP contribution in [-0.4, -0.2) is 12.2 Å². The smallest absolute Gasteiger partial charge is 0.123 e. The molecular weight excluding hydrogens is 330 g/mol. The van der Waals surface area contributed by atoms with E-state index in [1.165, 1.54) is 5.56 Å². The summed E-state index contributed by atoms with van der Waals surface area (Å²) in [5.41, 5.74) is 1.85. The Balaban J connectivity index is 2.09. The van der Waals surface area contributed by atoms with Gasteiger partial charge in [-0.1, -0.05) is 34.1 Å². The molecular formula is C17H20BrNO2. The number of hydrogen-bond donors (Lipinski definition) is 2. The summed E-state index contributed by atoms with van der Waals surface area (Å²) in [5.74, 6) is 0.900. The second-order valence-corrected chi connectivity index (χ2v) is 6.40. The highest BCUT2D eigenvalue weighted by Gasteiger charge is 2.20. The number of rotatable bonds is 5. The molecule has 112 valence electrons. The van der Waals surface area contributed by atoms with E-state index < -0.39 is 0 Å². The first-order valence-corrected chi connectivity index (χ1v) is 7.58. The number of phenols is 1. The van der Waals surface area contributed by atoms with Crippen molar-refractivity contribution in [3.05, 3.63) is 58.1 Å². The third kappa shape index (κ3) is 3.99. The SMILES string of the molecule is COc1ccc(CNC(C)(C)c2ccc(Br)cc2)c(O)c1. The van der Waals surface area contributed by atoms with Gasteiger partial charge in [-0.05, 0) is 37.6 Å². The van der Waals surface area contributed by atoms with Crippen LogP contribution in [0.3, 0.4) is 0 Å². The summed E-state index contributed by atoms with van der Waals surface area (Å²) in [7, 11) is 1.59. The second kappa shape index (κ2) is 6.50. The van der Waals surface area contributed by atoms with E-state index in [0.717, 1.165) is 10.0 Å². The highest BCUT2D eigenvalue weighted by atomic mass is 79.9. The molecule has 2 N–H and O–H groups in total. The van der Waals surface area contributed by atoms with Crippen molar-refractivity contribution >= 4 is 15.9 Å². The van der Waals surface area contributed by atoms with Crippen LogP contribution < -0.4 is 10.1 Å². The minimum atomic E-state index is -0.187. The number of nitrogens with one attached hydrogen (secondary N) is 1. The Labute approximate surface area is 134 Å². The molecule has 0 aromatic heterocycles. The molecule has 0 saturated heterocycles. The Kier molecular flexibility index (Phi) is 4.91. The van der Waals surface area contributed by atoms with E-state index in [9.17, 15) is 5.11 Å². The fourth-order valence-electron chi connectivity index (χ4n) is 2.10.